The summed E-state index contributed by atoms with van der Waals surface area (Å²) in [5, 5.41) is 0.788. The highest BCUT2D eigenvalue weighted by Gasteiger charge is 2.17. The summed E-state index contributed by atoms with van der Waals surface area (Å²) in [6.45, 7) is 1.81. The van der Waals surface area contributed by atoms with E-state index in [1.807, 2.05) is 18.2 Å². The SMILES string of the molecule is CCOC(=O)Cn1c(=NC(=O)c2ccccc2Oc2ccccc2)sc2cc(Cl)cc(Cl)c21. The average Bonchev–Trinajstić information content (AvgIpc) is 3.11. The zero-order valence-corrected chi connectivity index (χ0v) is 19.8. The summed E-state index contributed by atoms with van der Waals surface area (Å²) < 4.78 is 13.2. The van der Waals surface area contributed by atoms with Crippen molar-refractivity contribution in [2.24, 2.45) is 4.99 Å². The lowest BCUT2D eigenvalue weighted by molar-refractivity contribution is -0.143. The standard InChI is InChI=1S/C24H18Cl2N2O4S/c1-2-31-21(29)14-28-22-18(26)12-15(25)13-20(22)33-24(28)27-23(30)17-10-6-7-11-19(17)32-16-8-4-3-5-9-16/h3-13H,2,14H2,1H3. The molecule has 6 nitrogen and oxygen atoms in total. The van der Waals surface area contributed by atoms with Crippen molar-refractivity contribution >= 4 is 56.6 Å². The van der Waals surface area contributed by atoms with E-state index in [1.165, 1.54) is 11.3 Å². The van der Waals surface area contributed by atoms with Crippen molar-refractivity contribution in [3.63, 3.8) is 0 Å². The van der Waals surface area contributed by atoms with Crippen molar-refractivity contribution in [1.29, 1.82) is 0 Å². The number of halogens is 2. The molecule has 4 aromatic rings. The van der Waals surface area contributed by atoms with Crippen LogP contribution in [0.5, 0.6) is 11.5 Å². The number of hydrogen-bond acceptors (Lipinski definition) is 5. The molecule has 0 unspecified atom stereocenters. The van der Waals surface area contributed by atoms with Gasteiger partial charge in [0.1, 0.15) is 18.0 Å². The van der Waals surface area contributed by atoms with Crippen molar-refractivity contribution in [3.05, 3.63) is 87.1 Å². The second-order valence-corrected chi connectivity index (χ2v) is 8.69. The Bertz CT molecular complexity index is 1400. The first-order chi connectivity index (χ1) is 16.0. The van der Waals surface area contributed by atoms with Crippen molar-refractivity contribution in [1.82, 2.24) is 4.57 Å². The fourth-order valence-electron chi connectivity index (χ4n) is 3.19. The number of thiazole rings is 1. The van der Waals surface area contributed by atoms with Crippen LogP contribution in [0.3, 0.4) is 0 Å². The lowest BCUT2D eigenvalue weighted by atomic mass is 10.2. The third-order valence-corrected chi connectivity index (χ3v) is 6.11. The molecule has 0 bridgehead atoms. The molecule has 9 heteroatoms. The molecule has 3 aromatic carbocycles. The number of rotatable bonds is 6. The van der Waals surface area contributed by atoms with Gasteiger partial charge >= 0.3 is 5.97 Å². The number of fused-ring (bicyclic) bond motifs is 1. The Morgan fingerprint density at radius 1 is 1.03 bits per heavy atom. The van der Waals surface area contributed by atoms with E-state index in [0.29, 0.717) is 36.6 Å². The third kappa shape index (κ3) is 5.27. The first-order valence-corrected chi connectivity index (χ1v) is 11.6. The number of hydrogen-bond donors (Lipinski definition) is 0. The Balaban J connectivity index is 1.80. The Labute approximate surface area is 203 Å². The van der Waals surface area contributed by atoms with E-state index in [4.69, 9.17) is 32.7 Å². The molecule has 0 spiro atoms. The molecule has 1 amide bonds. The molecule has 4 rings (SSSR count). The van der Waals surface area contributed by atoms with Gasteiger partial charge in [0.2, 0.25) is 0 Å². The lowest BCUT2D eigenvalue weighted by Crippen LogP contribution is -2.23. The highest BCUT2D eigenvalue weighted by atomic mass is 35.5. The highest BCUT2D eigenvalue weighted by Crippen LogP contribution is 2.30. The zero-order valence-electron chi connectivity index (χ0n) is 17.5. The third-order valence-electron chi connectivity index (χ3n) is 4.57. The first-order valence-electron chi connectivity index (χ1n) is 10.0. The van der Waals surface area contributed by atoms with Crippen LogP contribution in [0.25, 0.3) is 10.2 Å². The van der Waals surface area contributed by atoms with E-state index in [1.54, 1.807) is 60.0 Å². The van der Waals surface area contributed by atoms with Gasteiger partial charge in [-0.15, -0.1) is 0 Å². The smallest absolute Gasteiger partial charge is 0.326 e. The highest BCUT2D eigenvalue weighted by molar-refractivity contribution is 7.16. The molecule has 33 heavy (non-hydrogen) atoms. The Hall–Kier alpha value is -3.13. The Kier molecular flexibility index (Phi) is 7.13. The van der Waals surface area contributed by atoms with Crippen LogP contribution in [0.15, 0.2) is 71.7 Å². The number of carbonyl (C=O) groups is 2. The van der Waals surface area contributed by atoms with E-state index >= 15 is 0 Å². The summed E-state index contributed by atoms with van der Waals surface area (Å²) in [5.41, 5.74) is 0.838. The number of ether oxygens (including phenoxy) is 2. The molecule has 0 aliphatic heterocycles. The van der Waals surface area contributed by atoms with Crippen LogP contribution in [0.1, 0.15) is 17.3 Å². The van der Waals surface area contributed by atoms with Gasteiger partial charge in [0, 0.05) is 5.02 Å². The quantitative estimate of drug-likeness (QED) is 0.299. The fraction of sp³-hybridized carbons (Fsp3) is 0.125. The molecule has 0 aliphatic carbocycles. The summed E-state index contributed by atoms with van der Waals surface area (Å²) in [5.74, 6) is -0.0205. The molecule has 0 fully saturated rings. The van der Waals surface area contributed by atoms with E-state index < -0.39 is 11.9 Å². The maximum atomic E-state index is 13.2. The van der Waals surface area contributed by atoms with Gasteiger partial charge in [0.05, 0.1) is 27.4 Å². The van der Waals surface area contributed by atoms with Crippen LogP contribution in [-0.2, 0) is 16.1 Å². The molecule has 0 saturated carbocycles. The minimum Gasteiger partial charge on any atom is -0.465 e. The molecule has 0 radical (unpaired) electrons. The van der Waals surface area contributed by atoms with Gasteiger partial charge in [-0.2, -0.15) is 4.99 Å². The molecular formula is C24H18Cl2N2O4S. The van der Waals surface area contributed by atoms with Gasteiger partial charge in [0.25, 0.3) is 5.91 Å². The average molecular weight is 501 g/mol. The van der Waals surface area contributed by atoms with Gasteiger partial charge in [-0.05, 0) is 43.3 Å². The predicted molar refractivity (Wildman–Crippen MR) is 129 cm³/mol. The molecule has 1 heterocycles. The first kappa shape index (κ1) is 23.0. The number of aromatic nitrogens is 1. The number of esters is 1. The monoisotopic (exact) mass is 500 g/mol. The Morgan fingerprint density at radius 3 is 2.52 bits per heavy atom. The minimum atomic E-state index is -0.520. The van der Waals surface area contributed by atoms with E-state index in [-0.39, 0.29) is 18.7 Å². The maximum absolute atomic E-state index is 13.2. The van der Waals surface area contributed by atoms with Crippen LogP contribution >= 0.6 is 34.5 Å². The van der Waals surface area contributed by atoms with Gasteiger partial charge in [-0.3, -0.25) is 9.59 Å². The predicted octanol–water partition coefficient (Wildman–Crippen LogP) is 6.11. The van der Waals surface area contributed by atoms with Crippen LogP contribution in [-0.4, -0.2) is 23.1 Å². The van der Waals surface area contributed by atoms with Crippen molar-refractivity contribution < 1.29 is 19.1 Å². The van der Waals surface area contributed by atoms with E-state index in [0.717, 1.165) is 0 Å². The van der Waals surface area contributed by atoms with Crippen LogP contribution < -0.4 is 9.54 Å². The minimum absolute atomic E-state index is 0.149. The molecule has 0 saturated heterocycles. The molecule has 0 N–H and O–H groups in total. The number of carbonyl (C=O) groups excluding carboxylic acids is 2. The summed E-state index contributed by atoms with van der Waals surface area (Å²) in [4.78, 5) is 30.0. The normalized spacial score (nSPS) is 11.5. The van der Waals surface area contributed by atoms with Crippen LogP contribution in [0, 0.1) is 0 Å². The van der Waals surface area contributed by atoms with Gasteiger partial charge < -0.3 is 14.0 Å². The van der Waals surface area contributed by atoms with Crippen LogP contribution in [0.4, 0.5) is 0 Å². The molecule has 0 aliphatic rings. The second-order valence-electron chi connectivity index (χ2n) is 6.84. The van der Waals surface area contributed by atoms with Crippen molar-refractivity contribution in [2.45, 2.75) is 13.5 Å². The fourth-order valence-corrected chi connectivity index (χ4v) is 5.00. The van der Waals surface area contributed by atoms with E-state index in [2.05, 4.69) is 4.99 Å². The molecule has 1 aromatic heterocycles. The number of benzene rings is 3. The zero-order chi connectivity index (χ0) is 23.4. The maximum Gasteiger partial charge on any atom is 0.326 e. The summed E-state index contributed by atoms with van der Waals surface area (Å²) in [7, 11) is 0. The van der Waals surface area contributed by atoms with Gasteiger partial charge in [-0.1, -0.05) is 64.9 Å². The number of nitrogens with zero attached hydrogens (tertiary/aromatic N) is 2. The molecule has 0 atom stereocenters. The number of amides is 1. The number of para-hydroxylation sites is 2. The van der Waals surface area contributed by atoms with Crippen LogP contribution in [0.2, 0.25) is 10.0 Å². The summed E-state index contributed by atoms with van der Waals surface area (Å²) >= 11 is 13.8. The summed E-state index contributed by atoms with van der Waals surface area (Å²) in [6.07, 6.45) is 0. The molecular weight excluding hydrogens is 483 g/mol. The van der Waals surface area contributed by atoms with Gasteiger partial charge in [0.15, 0.2) is 4.80 Å². The largest absolute Gasteiger partial charge is 0.465 e. The Morgan fingerprint density at radius 2 is 1.76 bits per heavy atom. The molecule has 168 valence electrons. The van der Waals surface area contributed by atoms with Crippen molar-refractivity contribution in [3.8, 4) is 11.5 Å². The van der Waals surface area contributed by atoms with Crippen molar-refractivity contribution in [2.75, 3.05) is 6.61 Å². The second kappa shape index (κ2) is 10.2. The topological polar surface area (TPSA) is 69.9 Å². The lowest BCUT2D eigenvalue weighted by Gasteiger charge is -2.09. The van der Waals surface area contributed by atoms with Gasteiger partial charge in [-0.25, -0.2) is 0 Å². The van der Waals surface area contributed by atoms with E-state index in [9.17, 15) is 9.59 Å². The summed E-state index contributed by atoms with van der Waals surface area (Å²) in [6, 6.07) is 19.3.